The van der Waals surface area contributed by atoms with Gasteiger partial charge < -0.3 is 4.98 Å². The van der Waals surface area contributed by atoms with E-state index in [4.69, 9.17) is 0 Å². The van der Waals surface area contributed by atoms with Gasteiger partial charge in [-0.3, -0.25) is 25.2 Å². The van der Waals surface area contributed by atoms with E-state index in [9.17, 15) is 14.4 Å². The zero-order chi connectivity index (χ0) is 19.5. The van der Waals surface area contributed by atoms with Gasteiger partial charge in [0.2, 0.25) is 0 Å². The van der Waals surface area contributed by atoms with Crippen molar-refractivity contribution in [2.24, 2.45) is 0 Å². The Morgan fingerprint density at radius 3 is 2.15 bits per heavy atom. The van der Waals surface area contributed by atoms with Gasteiger partial charge in [-0.15, -0.1) is 0 Å². The number of carbonyl (C=O) groups is 2. The fourth-order valence-electron chi connectivity index (χ4n) is 2.35. The third kappa shape index (κ3) is 4.36. The van der Waals surface area contributed by atoms with Crippen LogP contribution in [-0.2, 0) is 11.8 Å². The molecule has 0 aliphatic carbocycles. The molecule has 7 heteroatoms. The van der Waals surface area contributed by atoms with E-state index >= 15 is 0 Å². The minimum absolute atomic E-state index is 0.125. The molecule has 7 nitrogen and oxygen atoms in total. The highest BCUT2D eigenvalue weighted by Crippen LogP contribution is 2.17. The maximum atomic E-state index is 12.3. The molecule has 0 spiro atoms. The van der Waals surface area contributed by atoms with Gasteiger partial charge in [0.05, 0.1) is 5.69 Å². The van der Waals surface area contributed by atoms with Crippen molar-refractivity contribution in [1.29, 1.82) is 0 Å². The third-order valence-corrected chi connectivity index (χ3v) is 3.95. The number of aromatic nitrogens is 2. The van der Waals surface area contributed by atoms with E-state index in [0.29, 0.717) is 17.1 Å². The molecule has 2 aromatic rings. The van der Waals surface area contributed by atoms with Crippen molar-refractivity contribution >= 4 is 11.8 Å². The van der Waals surface area contributed by atoms with E-state index in [1.54, 1.807) is 19.1 Å². The van der Waals surface area contributed by atoms with Gasteiger partial charge in [0.1, 0.15) is 11.4 Å². The quantitative estimate of drug-likeness (QED) is 0.732. The zero-order valence-electron chi connectivity index (χ0n) is 15.7. The molecular formula is C19H24N4O3. The molecule has 0 bridgehead atoms. The maximum absolute atomic E-state index is 12.3. The summed E-state index contributed by atoms with van der Waals surface area (Å²) < 4.78 is 0. The summed E-state index contributed by atoms with van der Waals surface area (Å²) in [5, 5.41) is 0. The summed E-state index contributed by atoms with van der Waals surface area (Å²) in [5.74, 6) is -0.679. The van der Waals surface area contributed by atoms with Crippen LogP contribution in [0.5, 0.6) is 0 Å². The predicted octanol–water partition coefficient (Wildman–Crippen LogP) is 2.01. The highest BCUT2D eigenvalue weighted by molar-refractivity contribution is 5.99. The lowest BCUT2D eigenvalue weighted by atomic mass is 9.95. The van der Waals surface area contributed by atoms with E-state index in [0.717, 1.165) is 12.0 Å². The first-order chi connectivity index (χ1) is 12.1. The molecule has 2 rings (SSSR count). The average Bonchev–Trinajstić information content (AvgIpc) is 2.58. The Bertz CT molecular complexity index is 877. The molecule has 0 atom stereocenters. The van der Waals surface area contributed by atoms with Gasteiger partial charge in [-0.05, 0) is 31.0 Å². The molecular weight excluding hydrogens is 332 g/mol. The van der Waals surface area contributed by atoms with Crippen molar-refractivity contribution in [1.82, 2.24) is 20.8 Å². The van der Waals surface area contributed by atoms with E-state index in [1.165, 1.54) is 0 Å². The second-order valence-corrected chi connectivity index (χ2v) is 7.08. The van der Waals surface area contributed by atoms with Gasteiger partial charge in [-0.2, -0.15) is 0 Å². The number of hydrogen-bond donors (Lipinski definition) is 3. The van der Waals surface area contributed by atoms with Gasteiger partial charge in [-0.25, -0.2) is 4.98 Å². The minimum Gasteiger partial charge on any atom is -0.309 e. The molecule has 0 aliphatic rings. The SMILES string of the molecule is CCc1ccc(C(=O)NNC(=O)c2c(C)nc(C(C)(C)C)[nH]c2=O)cc1. The first kappa shape index (κ1) is 19.4. The number of nitrogens with one attached hydrogen (secondary N) is 3. The largest absolute Gasteiger partial charge is 0.309 e. The van der Waals surface area contributed by atoms with Crippen molar-refractivity contribution in [3.63, 3.8) is 0 Å². The van der Waals surface area contributed by atoms with Crippen LogP contribution >= 0.6 is 0 Å². The van der Waals surface area contributed by atoms with Crippen LogP contribution in [0, 0.1) is 6.92 Å². The topological polar surface area (TPSA) is 104 Å². The Kier molecular flexibility index (Phi) is 5.59. The standard InChI is InChI=1S/C19H24N4O3/c1-6-12-7-9-13(10-8-12)15(24)22-23-17(26)14-11(2)20-18(19(3,4)5)21-16(14)25/h7-10H,6H2,1-5H3,(H,22,24)(H,23,26)(H,20,21,25). The number of aromatic amines is 1. The van der Waals surface area contributed by atoms with Crippen LogP contribution in [0.1, 0.15) is 65.5 Å². The lowest BCUT2D eigenvalue weighted by Crippen LogP contribution is -2.44. The Morgan fingerprint density at radius 2 is 1.65 bits per heavy atom. The highest BCUT2D eigenvalue weighted by Gasteiger charge is 2.22. The fraction of sp³-hybridized carbons (Fsp3) is 0.368. The Hall–Kier alpha value is -2.96. The summed E-state index contributed by atoms with van der Waals surface area (Å²) >= 11 is 0. The lowest BCUT2D eigenvalue weighted by molar-refractivity contribution is 0.0845. The number of aryl methyl sites for hydroxylation is 2. The molecule has 0 radical (unpaired) electrons. The van der Waals surface area contributed by atoms with E-state index in [-0.39, 0.29) is 11.0 Å². The third-order valence-electron chi connectivity index (χ3n) is 3.95. The van der Waals surface area contributed by atoms with Crippen molar-refractivity contribution in [3.05, 3.63) is 62.8 Å². The Morgan fingerprint density at radius 1 is 1.08 bits per heavy atom. The normalized spacial score (nSPS) is 11.1. The minimum atomic E-state index is -0.713. The molecule has 0 aliphatic heterocycles. The summed E-state index contributed by atoms with van der Waals surface area (Å²) in [4.78, 5) is 43.6. The summed E-state index contributed by atoms with van der Waals surface area (Å²) in [7, 11) is 0. The smallest absolute Gasteiger partial charge is 0.277 e. The fourth-order valence-corrected chi connectivity index (χ4v) is 2.35. The molecule has 3 N–H and O–H groups in total. The average molecular weight is 356 g/mol. The van der Waals surface area contributed by atoms with Crippen molar-refractivity contribution < 1.29 is 9.59 Å². The summed E-state index contributed by atoms with van der Waals surface area (Å²) in [6.07, 6.45) is 0.873. The van der Waals surface area contributed by atoms with E-state index in [1.807, 2.05) is 39.8 Å². The summed E-state index contributed by atoms with van der Waals surface area (Å²) in [5.41, 5.74) is 5.39. The molecule has 0 saturated heterocycles. The number of amides is 2. The van der Waals surface area contributed by atoms with Gasteiger partial charge in [0.15, 0.2) is 0 Å². The number of hydrogen-bond acceptors (Lipinski definition) is 4. The maximum Gasteiger partial charge on any atom is 0.277 e. The molecule has 0 unspecified atom stereocenters. The number of H-pyrrole nitrogens is 1. The van der Waals surface area contributed by atoms with Crippen molar-refractivity contribution in [2.75, 3.05) is 0 Å². The lowest BCUT2D eigenvalue weighted by Gasteiger charge is -2.18. The first-order valence-corrected chi connectivity index (χ1v) is 8.44. The van der Waals surface area contributed by atoms with Gasteiger partial charge in [-0.1, -0.05) is 39.8 Å². The number of nitrogens with zero attached hydrogens (tertiary/aromatic N) is 1. The van der Waals surface area contributed by atoms with Crippen LogP contribution in [0.25, 0.3) is 0 Å². The number of hydrazine groups is 1. The van der Waals surface area contributed by atoms with E-state index in [2.05, 4.69) is 20.8 Å². The molecule has 2 amide bonds. The number of benzene rings is 1. The summed E-state index contributed by atoms with van der Waals surface area (Å²) in [6, 6.07) is 7.05. The van der Waals surface area contributed by atoms with Gasteiger partial charge >= 0.3 is 0 Å². The number of carbonyl (C=O) groups excluding carboxylic acids is 2. The second kappa shape index (κ2) is 7.51. The summed E-state index contributed by atoms with van der Waals surface area (Å²) in [6.45, 7) is 9.34. The Labute approximate surface area is 152 Å². The van der Waals surface area contributed by atoms with Crippen LogP contribution in [0.4, 0.5) is 0 Å². The number of rotatable bonds is 3. The van der Waals surface area contributed by atoms with Crippen LogP contribution in [0.15, 0.2) is 29.1 Å². The molecule has 1 aromatic carbocycles. The predicted molar refractivity (Wildman–Crippen MR) is 99.0 cm³/mol. The second-order valence-electron chi connectivity index (χ2n) is 7.08. The molecule has 1 aromatic heterocycles. The van der Waals surface area contributed by atoms with E-state index < -0.39 is 17.4 Å². The highest BCUT2D eigenvalue weighted by atomic mass is 16.2. The molecule has 26 heavy (non-hydrogen) atoms. The van der Waals surface area contributed by atoms with Crippen molar-refractivity contribution in [3.8, 4) is 0 Å². The molecule has 0 fully saturated rings. The van der Waals surface area contributed by atoms with Crippen molar-refractivity contribution in [2.45, 2.75) is 46.5 Å². The van der Waals surface area contributed by atoms with Gasteiger partial charge in [0.25, 0.3) is 17.4 Å². The Balaban J connectivity index is 2.12. The molecule has 0 saturated carbocycles. The van der Waals surface area contributed by atoms with Crippen LogP contribution in [0.3, 0.4) is 0 Å². The van der Waals surface area contributed by atoms with Gasteiger partial charge in [0, 0.05) is 11.0 Å². The van der Waals surface area contributed by atoms with Crippen LogP contribution in [-0.4, -0.2) is 21.8 Å². The first-order valence-electron chi connectivity index (χ1n) is 8.44. The monoisotopic (exact) mass is 356 g/mol. The van der Waals surface area contributed by atoms with Crippen LogP contribution in [0.2, 0.25) is 0 Å². The molecule has 1 heterocycles. The molecule has 138 valence electrons. The zero-order valence-corrected chi connectivity index (χ0v) is 15.7. The van der Waals surface area contributed by atoms with Crippen LogP contribution < -0.4 is 16.4 Å².